The lowest BCUT2D eigenvalue weighted by molar-refractivity contribution is 0.943. The number of nitrogens with zero attached hydrogens (tertiary/aromatic N) is 4. The van der Waals surface area contributed by atoms with E-state index in [1.54, 1.807) is 22.8 Å². The Kier molecular flexibility index (Phi) is 3.59. The Hall–Kier alpha value is -2.63. The van der Waals surface area contributed by atoms with Crippen molar-refractivity contribution in [2.45, 2.75) is 0 Å². The predicted octanol–water partition coefficient (Wildman–Crippen LogP) is 4.35. The molecule has 4 aromatic rings. The molecule has 0 aliphatic heterocycles. The Labute approximate surface area is 147 Å². The van der Waals surface area contributed by atoms with Crippen LogP contribution in [0.1, 0.15) is 0 Å². The summed E-state index contributed by atoms with van der Waals surface area (Å²) < 4.78 is 1.71. The van der Waals surface area contributed by atoms with E-state index in [1.807, 2.05) is 36.4 Å². The van der Waals surface area contributed by atoms with E-state index in [1.165, 1.54) is 0 Å². The summed E-state index contributed by atoms with van der Waals surface area (Å²) in [5.74, 6) is 0.423. The van der Waals surface area contributed by atoms with Crippen molar-refractivity contribution in [2.75, 3.05) is 5.73 Å². The summed E-state index contributed by atoms with van der Waals surface area (Å²) in [6.07, 6.45) is 1.65. The quantitative estimate of drug-likeness (QED) is 0.580. The van der Waals surface area contributed by atoms with Gasteiger partial charge >= 0.3 is 0 Å². The molecule has 4 rings (SSSR count). The van der Waals surface area contributed by atoms with E-state index in [0.29, 0.717) is 21.6 Å². The monoisotopic (exact) mass is 355 g/mol. The number of imidazole rings is 1. The van der Waals surface area contributed by atoms with Crippen molar-refractivity contribution in [3.05, 3.63) is 64.9 Å². The summed E-state index contributed by atoms with van der Waals surface area (Å²) in [5.41, 5.74) is 9.88. The zero-order chi connectivity index (χ0) is 16.7. The first-order valence-corrected chi connectivity index (χ1v) is 7.90. The van der Waals surface area contributed by atoms with Crippen LogP contribution in [0.15, 0.2) is 54.7 Å². The van der Waals surface area contributed by atoms with Crippen LogP contribution < -0.4 is 5.73 Å². The number of anilines is 1. The summed E-state index contributed by atoms with van der Waals surface area (Å²) >= 11 is 12.1. The summed E-state index contributed by atoms with van der Waals surface area (Å²) in [6.45, 7) is 0. The number of hydrogen-bond donors (Lipinski definition) is 1. The third kappa shape index (κ3) is 2.58. The molecule has 2 N–H and O–H groups in total. The van der Waals surface area contributed by atoms with Gasteiger partial charge in [-0.25, -0.2) is 14.5 Å². The Morgan fingerprint density at radius 3 is 2.46 bits per heavy atom. The van der Waals surface area contributed by atoms with Gasteiger partial charge in [0.2, 0.25) is 0 Å². The number of pyridine rings is 1. The molecule has 0 radical (unpaired) electrons. The van der Waals surface area contributed by atoms with Crippen LogP contribution in [-0.4, -0.2) is 19.6 Å². The maximum atomic E-state index is 6.07. The maximum Gasteiger partial charge on any atom is 0.155 e. The average Bonchev–Trinajstić information content (AvgIpc) is 2.94. The van der Waals surface area contributed by atoms with E-state index in [2.05, 4.69) is 10.1 Å². The minimum Gasteiger partial charge on any atom is -0.384 e. The molecular formula is C17H11Cl2N5. The van der Waals surface area contributed by atoms with Gasteiger partial charge < -0.3 is 5.73 Å². The van der Waals surface area contributed by atoms with Gasteiger partial charge in [0, 0.05) is 22.3 Å². The molecular weight excluding hydrogens is 345 g/mol. The second-order valence-corrected chi connectivity index (χ2v) is 6.04. The van der Waals surface area contributed by atoms with Gasteiger partial charge in [0.15, 0.2) is 5.65 Å². The molecule has 0 aliphatic rings. The number of aromatic nitrogens is 4. The first-order chi connectivity index (χ1) is 11.6. The van der Waals surface area contributed by atoms with Crippen LogP contribution in [0.25, 0.3) is 28.2 Å². The Balaban J connectivity index is 2.06. The molecule has 0 spiro atoms. The second-order valence-electron chi connectivity index (χ2n) is 5.21. The van der Waals surface area contributed by atoms with Crippen molar-refractivity contribution in [2.24, 2.45) is 0 Å². The van der Waals surface area contributed by atoms with E-state index in [9.17, 15) is 0 Å². The fourth-order valence-electron chi connectivity index (χ4n) is 2.57. The molecule has 0 saturated heterocycles. The number of hydrogen-bond acceptors (Lipinski definition) is 4. The third-order valence-corrected chi connectivity index (χ3v) is 4.07. The van der Waals surface area contributed by atoms with Crippen molar-refractivity contribution in [3.63, 3.8) is 0 Å². The molecule has 5 nitrogen and oxygen atoms in total. The van der Waals surface area contributed by atoms with E-state index < -0.39 is 0 Å². The van der Waals surface area contributed by atoms with Crippen LogP contribution in [0.5, 0.6) is 0 Å². The van der Waals surface area contributed by atoms with Crippen LogP contribution in [0.4, 0.5) is 5.82 Å². The van der Waals surface area contributed by atoms with Gasteiger partial charge in [0.25, 0.3) is 0 Å². The van der Waals surface area contributed by atoms with Gasteiger partial charge in [-0.2, -0.15) is 5.10 Å². The molecule has 0 unspecified atom stereocenters. The number of fused-ring (bicyclic) bond motifs is 1. The number of nitrogen functional groups attached to an aromatic ring is 1. The number of halogens is 2. The smallest absolute Gasteiger partial charge is 0.155 e. The summed E-state index contributed by atoms with van der Waals surface area (Å²) in [7, 11) is 0. The lowest BCUT2D eigenvalue weighted by Crippen LogP contribution is -1.96. The Morgan fingerprint density at radius 1 is 0.917 bits per heavy atom. The van der Waals surface area contributed by atoms with E-state index in [4.69, 9.17) is 33.9 Å². The van der Waals surface area contributed by atoms with Gasteiger partial charge in [0.05, 0.1) is 5.69 Å². The Morgan fingerprint density at radius 2 is 1.71 bits per heavy atom. The first kappa shape index (κ1) is 14.9. The molecule has 0 bridgehead atoms. The van der Waals surface area contributed by atoms with Gasteiger partial charge in [-0.3, -0.25) is 0 Å². The first-order valence-electron chi connectivity index (χ1n) is 7.15. The zero-order valence-electron chi connectivity index (χ0n) is 12.3. The fourth-order valence-corrected chi connectivity index (χ4v) is 2.84. The molecule has 0 fully saturated rings. The van der Waals surface area contributed by atoms with Crippen LogP contribution in [0.2, 0.25) is 10.2 Å². The average molecular weight is 356 g/mol. The highest BCUT2D eigenvalue weighted by Crippen LogP contribution is 2.33. The highest BCUT2D eigenvalue weighted by Gasteiger charge is 2.17. The van der Waals surface area contributed by atoms with Crippen molar-refractivity contribution in [1.29, 1.82) is 0 Å². The van der Waals surface area contributed by atoms with Crippen molar-refractivity contribution < 1.29 is 0 Å². The molecule has 118 valence electrons. The topological polar surface area (TPSA) is 69.1 Å². The van der Waals surface area contributed by atoms with E-state index >= 15 is 0 Å². The number of benzene rings is 1. The molecule has 3 heterocycles. The van der Waals surface area contributed by atoms with Gasteiger partial charge in [-0.15, -0.1) is 0 Å². The largest absolute Gasteiger partial charge is 0.384 e. The standard InChI is InChI=1S/C17H11Cl2N5/c18-12-3-1-10(2-4-12)16-17(11-7-8-21-14(20)9-11)24-15(22-16)6-5-13(19)23-24/h1-9H,(H2,20,21). The Bertz CT molecular complexity index is 1040. The minimum atomic E-state index is 0.380. The molecule has 0 amide bonds. The van der Waals surface area contributed by atoms with E-state index in [-0.39, 0.29) is 0 Å². The zero-order valence-corrected chi connectivity index (χ0v) is 13.8. The molecule has 7 heteroatoms. The molecule has 1 aromatic carbocycles. The second kappa shape index (κ2) is 5.78. The van der Waals surface area contributed by atoms with Gasteiger partial charge in [0.1, 0.15) is 16.7 Å². The van der Waals surface area contributed by atoms with Crippen molar-refractivity contribution in [1.82, 2.24) is 19.6 Å². The summed E-state index contributed by atoms with van der Waals surface area (Å²) in [6, 6.07) is 14.7. The van der Waals surface area contributed by atoms with Crippen LogP contribution in [-0.2, 0) is 0 Å². The fraction of sp³-hybridized carbons (Fsp3) is 0. The van der Waals surface area contributed by atoms with Crippen LogP contribution in [0.3, 0.4) is 0 Å². The highest BCUT2D eigenvalue weighted by molar-refractivity contribution is 6.30. The normalized spacial score (nSPS) is 11.1. The maximum absolute atomic E-state index is 6.07. The lowest BCUT2D eigenvalue weighted by Gasteiger charge is -2.06. The van der Waals surface area contributed by atoms with Crippen molar-refractivity contribution in [3.8, 4) is 22.5 Å². The van der Waals surface area contributed by atoms with Crippen molar-refractivity contribution >= 4 is 34.7 Å². The number of rotatable bonds is 2. The molecule has 0 aliphatic carbocycles. The summed E-state index contributed by atoms with van der Waals surface area (Å²) in [4.78, 5) is 8.74. The van der Waals surface area contributed by atoms with Gasteiger partial charge in [-0.1, -0.05) is 35.3 Å². The third-order valence-electron chi connectivity index (χ3n) is 3.62. The van der Waals surface area contributed by atoms with Crippen LogP contribution >= 0.6 is 23.2 Å². The minimum absolute atomic E-state index is 0.380. The molecule has 0 saturated carbocycles. The lowest BCUT2D eigenvalue weighted by atomic mass is 10.1. The molecule has 3 aromatic heterocycles. The summed E-state index contributed by atoms with van der Waals surface area (Å²) in [5, 5.41) is 5.42. The SMILES string of the molecule is Nc1cc(-c2c(-c3ccc(Cl)cc3)nc3ccc(Cl)nn23)ccn1. The molecule has 0 atom stereocenters. The van der Waals surface area contributed by atoms with E-state index in [0.717, 1.165) is 22.5 Å². The van der Waals surface area contributed by atoms with Crippen LogP contribution in [0, 0.1) is 0 Å². The van der Waals surface area contributed by atoms with Gasteiger partial charge in [-0.05, 0) is 36.4 Å². The highest BCUT2D eigenvalue weighted by atomic mass is 35.5. The number of nitrogens with two attached hydrogens (primary N) is 1. The molecule has 24 heavy (non-hydrogen) atoms. The predicted molar refractivity (Wildman–Crippen MR) is 96.1 cm³/mol.